The zero-order chi connectivity index (χ0) is 9.26. The summed E-state index contributed by atoms with van der Waals surface area (Å²) in [5, 5.41) is 4.02. The van der Waals surface area contributed by atoms with E-state index >= 15 is 0 Å². The van der Waals surface area contributed by atoms with Crippen molar-refractivity contribution in [1.82, 2.24) is 9.78 Å². The van der Waals surface area contributed by atoms with Gasteiger partial charge in [0.05, 0.1) is 5.69 Å². The Morgan fingerprint density at radius 1 is 1.31 bits per heavy atom. The molecule has 0 saturated heterocycles. The fourth-order valence-corrected chi connectivity index (χ4v) is 2.26. The van der Waals surface area contributed by atoms with E-state index < -0.39 is 0 Å². The maximum atomic E-state index is 4.02. The Bertz CT molecular complexity index is 410. The van der Waals surface area contributed by atoms with E-state index in [4.69, 9.17) is 0 Å². The largest absolute Gasteiger partial charge is 0.239 e. The molecule has 1 heterocycles. The molecular formula is C9H5Br2N2. The predicted octanol–water partition coefficient (Wildman–Crippen LogP) is 3.20. The van der Waals surface area contributed by atoms with Gasteiger partial charge in [-0.3, -0.25) is 0 Å². The number of aromatic nitrogens is 2. The average molecular weight is 301 g/mol. The number of nitrogens with zero attached hydrogens (tertiary/aromatic N) is 2. The van der Waals surface area contributed by atoms with Crippen LogP contribution >= 0.6 is 31.9 Å². The highest BCUT2D eigenvalue weighted by atomic mass is 79.9. The van der Waals surface area contributed by atoms with E-state index in [9.17, 15) is 0 Å². The summed E-state index contributed by atoms with van der Waals surface area (Å²) >= 11 is 6.86. The molecule has 2 nitrogen and oxygen atoms in total. The highest BCUT2D eigenvalue weighted by Gasteiger charge is 2.01. The zero-order valence-corrected chi connectivity index (χ0v) is 9.71. The third-order valence-electron chi connectivity index (χ3n) is 1.61. The first-order valence-corrected chi connectivity index (χ1v) is 5.23. The first kappa shape index (κ1) is 8.97. The highest BCUT2D eigenvalue weighted by molar-refractivity contribution is 9.11. The number of rotatable bonds is 1. The zero-order valence-electron chi connectivity index (χ0n) is 6.54. The van der Waals surface area contributed by atoms with Crippen molar-refractivity contribution >= 4 is 31.9 Å². The van der Waals surface area contributed by atoms with Crippen LogP contribution in [0, 0.1) is 6.20 Å². The number of halogens is 2. The standard InChI is InChI=1S/C9H5Br2N2/c10-7-2-3-9(8(11)6-7)13-5-1-4-12-13/h1-3,5-6H. The van der Waals surface area contributed by atoms with Gasteiger partial charge < -0.3 is 0 Å². The molecule has 0 aliphatic rings. The van der Waals surface area contributed by atoms with Gasteiger partial charge in [-0.15, -0.1) is 0 Å². The molecule has 0 aliphatic heterocycles. The fraction of sp³-hybridized carbons (Fsp3) is 0. The van der Waals surface area contributed by atoms with Crippen LogP contribution in [0.3, 0.4) is 0 Å². The summed E-state index contributed by atoms with van der Waals surface area (Å²) in [5.74, 6) is 0. The van der Waals surface area contributed by atoms with Crippen LogP contribution in [0.15, 0.2) is 39.4 Å². The van der Waals surface area contributed by atoms with Crippen molar-refractivity contribution in [2.45, 2.75) is 0 Å². The molecule has 1 aromatic heterocycles. The highest BCUT2D eigenvalue weighted by Crippen LogP contribution is 2.24. The van der Waals surface area contributed by atoms with Gasteiger partial charge in [0.25, 0.3) is 0 Å². The fourth-order valence-electron chi connectivity index (χ4n) is 1.03. The lowest BCUT2D eigenvalue weighted by Gasteiger charge is -2.03. The molecule has 2 rings (SSSR count). The lowest BCUT2D eigenvalue weighted by molar-refractivity contribution is 0.872. The van der Waals surface area contributed by atoms with Crippen LogP contribution < -0.4 is 0 Å². The van der Waals surface area contributed by atoms with Crippen LogP contribution in [-0.4, -0.2) is 9.78 Å². The van der Waals surface area contributed by atoms with Crippen LogP contribution in [0.4, 0.5) is 0 Å². The monoisotopic (exact) mass is 299 g/mol. The molecule has 0 amide bonds. The van der Waals surface area contributed by atoms with E-state index in [1.54, 1.807) is 10.7 Å². The van der Waals surface area contributed by atoms with Crippen LogP contribution in [0.1, 0.15) is 0 Å². The summed E-state index contributed by atoms with van der Waals surface area (Å²) < 4.78 is 3.80. The summed E-state index contributed by atoms with van der Waals surface area (Å²) in [4.78, 5) is 0. The van der Waals surface area contributed by atoms with E-state index in [0.29, 0.717) is 0 Å². The molecule has 1 aromatic carbocycles. The van der Waals surface area contributed by atoms with Crippen molar-refractivity contribution in [3.8, 4) is 5.69 Å². The molecule has 0 unspecified atom stereocenters. The first-order chi connectivity index (χ1) is 6.27. The second-order valence-electron chi connectivity index (χ2n) is 2.49. The number of hydrogen-bond donors (Lipinski definition) is 0. The van der Waals surface area contributed by atoms with E-state index in [1.165, 1.54) is 0 Å². The minimum atomic E-state index is 0.999. The summed E-state index contributed by atoms with van der Waals surface area (Å²) in [6, 6.07) is 7.71. The Hall–Kier alpha value is -0.610. The van der Waals surface area contributed by atoms with Crippen molar-refractivity contribution in [1.29, 1.82) is 0 Å². The summed E-state index contributed by atoms with van der Waals surface area (Å²) in [7, 11) is 0. The second kappa shape index (κ2) is 3.64. The molecule has 13 heavy (non-hydrogen) atoms. The smallest absolute Gasteiger partial charge is 0.113 e. The van der Waals surface area contributed by atoms with Gasteiger partial charge in [0, 0.05) is 15.1 Å². The van der Waals surface area contributed by atoms with Crippen molar-refractivity contribution in [2.24, 2.45) is 0 Å². The minimum Gasteiger partial charge on any atom is -0.239 e. The molecule has 0 saturated carbocycles. The van der Waals surface area contributed by atoms with Crippen molar-refractivity contribution in [3.05, 3.63) is 45.6 Å². The van der Waals surface area contributed by atoms with Crippen molar-refractivity contribution < 1.29 is 0 Å². The summed E-state index contributed by atoms with van der Waals surface area (Å²) in [6.07, 6.45) is 4.61. The predicted molar refractivity (Wildman–Crippen MR) is 57.8 cm³/mol. The summed E-state index contributed by atoms with van der Waals surface area (Å²) in [5.41, 5.74) is 1.00. The normalized spacial score (nSPS) is 10.3. The molecule has 65 valence electrons. The van der Waals surface area contributed by atoms with Crippen LogP contribution in [0.25, 0.3) is 5.69 Å². The molecule has 2 aromatic rings. The van der Waals surface area contributed by atoms with Gasteiger partial charge in [0.15, 0.2) is 0 Å². The number of hydrogen-bond acceptors (Lipinski definition) is 1. The number of benzene rings is 1. The molecule has 4 heteroatoms. The molecule has 0 aliphatic carbocycles. The van der Waals surface area contributed by atoms with Gasteiger partial charge in [-0.1, -0.05) is 15.9 Å². The topological polar surface area (TPSA) is 17.8 Å². The van der Waals surface area contributed by atoms with Gasteiger partial charge >= 0.3 is 0 Å². The van der Waals surface area contributed by atoms with E-state index in [1.807, 2.05) is 24.4 Å². The van der Waals surface area contributed by atoms with Crippen molar-refractivity contribution in [3.63, 3.8) is 0 Å². The van der Waals surface area contributed by atoms with Gasteiger partial charge in [-0.2, -0.15) is 5.10 Å². The van der Waals surface area contributed by atoms with Gasteiger partial charge in [0.1, 0.15) is 6.20 Å². The molecule has 0 N–H and O–H groups in total. The quantitative estimate of drug-likeness (QED) is 0.791. The molecular weight excluding hydrogens is 296 g/mol. The maximum absolute atomic E-state index is 4.02. The average Bonchev–Trinajstić information content (AvgIpc) is 2.56. The van der Waals surface area contributed by atoms with Gasteiger partial charge in [-0.05, 0) is 40.2 Å². The molecule has 0 atom stereocenters. The lowest BCUT2D eigenvalue weighted by Crippen LogP contribution is -1.94. The first-order valence-electron chi connectivity index (χ1n) is 3.64. The van der Waals surface area contributed by atoms with Crippen LogP contribution in [0.5, 0.6) is 0 Å². The molecule has 0 bridgehead atoms. The molecule has 0 spiro atoms. The van der Waals surface area contributed by atoms with Crippen LogP contribution in [-0.2, 0) is 0 Å². The summed E-state index contributed by atoms with van der Waals surface area (Å²) in [6.45, 7) is 0. The minimum absolute atomic E-state index is 0.999. The lowest BCUT2D eigenvalue weighted by atomic mass is 10.3. The van der Waals surface area contributed by atoms with E-state index in [2.05, 4.69) is 43.2 Å². The SMILES string of the molecule is Brc1ccc(-n2cc[c]n2)c(Br)c1. The Balaban J connectivity index is 2.53. The van der Waals surface area contributed by atoms with Crippen LogP contribution in [0.2, 0.25) is 0 Å². The maximum Gasteiger partial charge on any atom is 0.113 e. The second-order valence-corrected chi connectivity index (χ2v) is 4.26. The third kappa shape index (κ3) is 1.84. The molecule has 0 fully saturated rings. The molecule has 1 radical (unpaired) electrons. The Morgan fingerprint density at radius 2 is 2.15 bits per heavy atom. The Labute approximate surface area is 92.8 Å². The van der Waals surface area contributed by atoms with Gasteiger partial charge in [0.2, 0.25) is 0 Å². The van der Waals surface area contributed by atoms with Crippen molar-refractivity contribution in [2.75, 3.05) is 0 Å². The third-order valence-corrected chi connectivity index (χ3v) is 2.74. The Kier molecular flexibility index (Phi) is 2.51. The van der Waals surface area contributed by atoms with E-state index in [-0.39, 0.29) is 0 Å². The van der Waals surface area contributed by atoms with Gasteiger partial charge in [-0.25, -0.2) is 4.68 Å². The Morgan fingerprint density at radius 3 is 2.77 bits per heavy atom. The van der Waals surface area contributed by atoms with E-state index in [0.717, 1.165) is 14.6 Å².